The van der Waals surface area contributed by atoms with Crippen LogP contribution in [-0.4, -0.2) is 67.9 Å². The van der Waals surface area contributed by atoms with E-state index in [1.807, 2.05) is 121 Å². The van der Waals surface area contributed by atoms with Crippen molar-refractivity contribution in [2.75, 3.05) is 13.7 Å². The second-order valence-electron chi connectivity index (χ2n) is 14.7. The molecular weight excluding hydrogens is 698 g/mol. The number of esters is 1. The lowest BCUT2D eigenvalue weighted by molar-refractivity contribution is -0.273. The second kappa shape index (κ2) is 21.5. The van der Waals surface area contributed by atoms with E-state index in [1.54, 1.807) is 20.8 Å². The molecule has 1 heterocycles. The molecule has 0 aromatic heterocycles. The van der Waals surface area contributed by atoms with Crippen molar-refractivity contribution in [3.8, 4) is 0 Å². The molecule has 10 heteroatoms. The maximum atomic E-state index is 12.8. The van der Waals surface area contributed by atoms with E-state index in [0.29, 0.717) is 39.3 Å². The molecule has 0 unspecified atom stereocenters. The molecular formula is C45H55NO9. The Kier molecular flexibility index (Phi) is 16.2. The molecule has 0 aliphatic carbocycles. The minimum Gasteiger partial charge on any atom is -0.467 e. The van der Waals surface area contributed by atoms with Gasteiger partial charge in [-0.05, 0) is 62.3 Å². The maximum Gasteiger partial charge on any atom is 0.408 e. The number of hydrogen-bond donors (Lipinski definition) is 1. The fourth-order valence-electron chi connectivity index (χ4n) is 6.48. The summed E-state index contributed by atoms with van der Waals surface area (Å²) in [5.74, 6) is -0.557. The lowest BCUT2D eigenvalue weighted by Gasteiger charge is -2.46. The normalized spacial score (nSPS) is 20.3. The smallest absolute Gasteiger partial charge is 0.408 e. The SMILES string of the molecule is COC(=O)[C@@H](CCC[C@@H]1O[C@H](COCc2ccccc2)[C@H](OCc2ccccc2)[C@H](OCc2ccccc2)[C@H]1OCc1ccccc1)NC(=O)OC(C)(C)C. The van der Waals surface area contributed by atoms with Crippen LogP contribution in [0.25, 0.3) is 0 Å². The number of alkyl carbamates (subject to hydrolysis) is 1. The first kappa shape index (κ1) is 41.6. The van der Waals surface area contributed by atoms with E-state index in [9.17, 15) is 9.59 Å². The molecule has 0 bridgehead atoms. The molecule has 294 valence electrons. The highest BCUT2D eigenvalue weighted by Gasteiger charge is 2.48. The van der Waals surface area contributed by atoms with Crippen molar-refractivity contribution in [1.82, 2.24) is 5.32 Å². The highest BCUT2D eigenvalue weighted by atomic mass is 16.6. The van der Waals surface area contributed by atoms with Crippen molar-refractivity contribution >= 4 is 12.1 Å². The Labute approximate surface area is 325 Å². The summed E-state index contributed by atoms with van der Waals surface area (Å²) < 4.78 is 44.1. The number of carbonyl (C=O) groups is 2. The number of benzene rings is 4. The molecule has 10 nitrogen and oxygen atoms in total. The number of amides is 1. The Bertz CT molecular complexity index is 1690. The fraction of sp³-hybridized carbons (Fsp3) is 0.422. The molecule has 1 fully saturated rings. The van der Waals surface area contributed by atoms with Crippen molar-refractivity contribution < 1.29 is 42.7 Å². The highest BCUT2D eigenvalue weighted by Crippen LogP contribution is 2.33. The summed E-state index contributed by atoms with van der Waals surface area (Å²) in [4.78, 5) is 25.5. The maximum absolute atomic E-state index is 12.8. The van der Waals surface area contributed by atoms with Crippen LogP contribution in [0.2, 0.25) is 0 Å². The Hall–Kier alpha value is -4.58. The summed E-state index contributed by atoms with van der Waals surface area (Å²) >= 11 is 0. The first-order chi connectivity index (χ1) is 26.7. The Morgan fingerprint density at radius 1 is 0.636 bits per heavy atom. The minimum atomic E-state index is -0.913. The summed E-state index contributed by atoms with van der Waals surface area (Å²) in [5, 5.41) is 2.69. The first-order valence-corrected chi connectivity index (χ1v) is 19.0. The van der Waals surface area contributed by atoms with Crippen LogP contribution in [0.3, 0.4) is 0 Å². The Morgan fingerprint density at radius 3 is 1.53 bits per heavy atom. The molecule has 4 aromatic rings. The lowest BCUT2D eigenvalue weighted by Crippen LogP contribution is -2.61. The summed E-state index contributed by atoms with van der Waals surface area (Å²) in [6.45, 7) is 6.93. The molecule has 1 aliphatic heterocycles. The van der Waals surface area contributed by atoms with E-state index in [4.69, 9.17) is 33.2 Å². The van der Waals surface area contributed by atoms with E-state index < -0.39 is 54.2 Å². The molecule has 4 aromatic carbocycles. The van der Waals surface area contributed by atoms with Gasteiger partial charge in [-0.1, -0.05) is 121 Å². The van der Waals surface area contributed by atoms with Crippen LogP contribution in [0.4, 0.5) is 4.79 Å². The quantitative estimate of drug-likeness (QED) is 0.0954. The van der Waals surface area contributed by atoms with Crippen molar-refractivity contribution in [2.45, 2.75) is 109 Å². The summed E-state index contributed by atoms with van der Waals surface area (Å²) in [5.41, 5.74) is 3.35. The Morgan fingerprint density at radius 2 is 1.07 bits per heavy atom. The molecule has 1 aliphatic rings. The van der Waals surface area contributed by atoms with Gasteiger partial charge in [0.05, 0.1) is 46.2 Å². The van der Waals surface area contributed by atoms with Gasteiger partial charge in [0, 0.05) is 0 Å². The van der Waals surface area contributed by atoms with Gasteiger partial charge in [-0.3, -0.25) is 0 Å². The zero-order chi connectivity index (χ0) is 38.9. The topological polar surface area (TPSA) is 111 Å². The molecule has 0 saturated carbocycles. The average Bonchev–Trinajstić information content (AvgIpc) is 3.19. The zero-order valence-electron chi connectivity index (χ0n) is 32.3. The summed E-state index contributed by atoms with van der Waals surface area (Å²) in [6.07, 6.45) is -2.12. The van der Waals surface area contributed by atoms with Crippen LogP contribution in [0.1, 0.15) is 62.3 Å². The van der Waals surface area contributed by atoms with Crippen LogP contribution < -0.4 is 5.32 Å². The van der Waals surface area contributed by atoms with E-state index in [1.165, 1.54) is 7.11 Å². The van der Waals surface area contributed by atoms with Gasteiger partial charge in [-0.15, -0.1) is 0 Å². The molecule has 1 N–H and O–H groups in total. The van der Waals surface area contributed by atoms with Crippen molar-refractivity contribution in [3.63, 3.8) is 0 Å². The highest BCUT2D eigenvalue weighted by molar-refractivity contribution is 5.81. The van der Waals surface area contributed by atoms with Crippen molar-refractivity contribution in [1.29, 1.82) is 0 Å². The molecule has 1 amide bonds. The first-order valence-electron chi connectivity index (χ1n) is 19.0. The third kappa shape index (κ3) is 13.9. The third-order valence-corrected chi connectivity index (χ3v) is 9.14. The molecule has 6 atom stereocenters. The summed E-state index contributed by atoms with van der Waals surface area (Å²) in [7, 11) is 1.30. The monoisotopic (exact) mass is 753 g/mol. The third-order valence-electron chi connectivity index (χ3n) is 9.14. The number of carbonyl (C=O) groups excluding carboxylic acids is 2. The number of hydrogen-bond acceptors (Lipinski definition) is 9. The van der Waals surface area contributed by atoms with E-state index >= 15 is 0 Å². The molecule has 0 spiro atoms. The molecule has 0 radical (unpaired) electrons. The van der Waals surface area contributed by atoms with E-state index in [0.717, 1.165) is 22.3 Å². The van der Waals surface area contributed by atoms with Gasteiger partial charge >= 0.3 is 12.1 Å². The minimum absolute atomic E-state index is 0.242. The van der Waals surface area contributed by atoms with Gasteiger partial charge in [-0.25, -0.2) is 9.59 Å². The summed E-state index contributed by atoms with van der Waals surface area (Å²) in [6, 6.07) is 39.1. The largest absolute Gasteiger partial charge is 0.467 e. The average molecular weight is 754 g/mol. The predicted molar refractivity (Wildman–Crippen MR) is 209 cm³/mol. The van der Waals surface area contributed by atoms with Gasteiger partial charge in [-0.2, -0.15) is 0 Å². The molecule has 5 rings (SSSR count). The van der Waals surface area contributed by atoms with Gasteiger partial charge in [0.1, 0.15) is 36.1 Å². The van der Waals surface area contributed by atoms with E-state index in [-0.39, 0.29) is 13.0 Å². The number of nitrogens with one attached hydrogen (secondary N) is 1. The Balaban J connectivity index is 1.42. The van der Waals surface area contributed by atoms with Crippen LogP contribution in [-0.2, 0) is 64.4 Å². The second-order valence-corrected chi connectivity index (χ2v) is 14.7. The van der Waals surface area contributed by atoms with E-state index in [2.05, 4.69) is 5.32 Å². The fourth-order valence-corrected chi connectivity index (χ4v) is 6.48. The van der Waals surface area contributed by atoms with Crippen LogP contribution >= 0.6 is 0 Å². The predicted octanol–water partition coefficient (Wildman–Crippen LogP) is 7.96. The van der Waals surface area contributed by atoms with Gasteiger partial charge in [0.2, 0.25) is 0 Å². The van der Waals surface area contributed by atoms with Crippen molar-refractivity contribution in [2.24, 2.45) is 0 Å². The van der Waals surface area contributed by atoms with Gasteiger partial charge < -0.3 is 38.5 Å². The lowest BCUT2D eigenvalue weighted by atomic mass is 9.91. The van der Waals surface area contributed by atoms with Gasteiger partial charge in [0.15, 0.2) is 0 Å². The molecule has 1 saturated heterocycles. The standard InChI is InChI=1S/C45H55NO9/c1-45(2,3)55-44(48)46-37(43(47)49-4)26-17-27-38-40(51-29-34-20-11-6-12-21-34)42(53-31-36-24-15-8-16-25-36)41(52-30-35-22-13-7-14-23-35)39(54-38)32-50-28-33-18-9-5-10-19-33/h5-16,18-25,37-42H,17,26-32H2,1-4H3,(H,46,48)/t37-,38+,39-,40+,41+,42-/m1/s1. The van der Waals surface area contributed by atoms with Crippen LogP contribution in [0, 0.1) is 0 Å². The number of methoxy groups -OCH3 is 1. The molecule has 55 heavy (non-hydrogen) atoms. The van der Waals surface area contributed by atoms with Gasteiger partial charge in [0.25, 0.3) is 0 Å². The number of ether oxygens (including phenoxy) is 7. The van der Waals surface area contributed by atoms with Crippen molar-refractivity contribution in [3.05, 3.63) is 144 Å². The van der Waals surface area contributed by atoms with Crippen LogP contribution in [0.5, 0.6) is 0 Å². The number of rotatable bonds is 19. The zero-order valence-corrected chi connectivity index (χ0v) is 32.3. The van der Waals surface area contributed by atoms with Crippen LogP contribution in [0.15, 0.2) is 121 Å².